The van der Waals surface area contributed by atoms with Crippen molar-refractivity contribution in [2.45, 2.75) is 12.5 Å². The number of benzene rings is 1. The number of hydrazone groups is 1. The Morgan fingerprint density at radius 1 is 1.20 bits per heavy atom. The number of halogens is 3. The number of urea groups is 1. The van der Waals surface area contributed by atoms with Gasteiger partial charge in [0.1, 0.15) is 17.3 Å². The molecule has 1 saturated heterocycles. The maximum atomic E-state index is 13.6. The SMILES string of the molecule is N=C(F)c1ncc(C=C2CN(C(=O)N3N=CC[C@H]3c3cc(F)cc(F)c3)C2)cc1N. The Kier molecular flexibility index (Phi) is 4.98. The van der Waals surface area contributed by atoms with Gasteiger partial charge in [0.15, 0.2) is 0 Å². The van der Waals surface area contributed by atoms with Gasteiger partial charge in [-0.15, -0.1) is 0 Å². The first kappa shape index (κ1) is 19.6. The molecule has 4 rings (SSSR count). The summed E-state index contributed by atoms with van der Waals surface area (Å²) in [6, 6.07) is 3.75. The Morgan fingerprint density at radius 3 is 2.53 bits per heavy atom. The summed E-state index contributed by atoms with van der Waals surface area (Å²) < 4.78 is 40.1. The van der Waals surface area contributed by atoms with Gasteiger partial charge in [0.05, 0.1) is 11.7 Å². The molecule has 1 aromatic heterocycles. The van der Waals surface area contributed by atoms with Crippen LogP contribution in [-0.2, 0) is 0 Å². The number of likely N-dealkylation sites (tertiary alicyclic amines) is 1. The van der Waals surface area contributed by atoms with Crippen molar-refractivity contribution in [3.63, 3.8) is 0 Å². The summed E-state index contributed by atoms with van der Waals surface area (Å²) in [6.45, 7) is 0.686. The van der Waals surface area contributed by atoms with Gasteiger partial charge in [0.25, 0.3) is 0 Å². The Labute approximate surface area is 169 Å². The van der Waals surface area contributed by atoms with E-state index in [0.29, 0.717) is 30.6 Å². The van der Waals surface area contributed by atoms with Crippen LogP contribution in [0.2, 0.25) is 0 Å². The fourth-order valence-corrected chi connectivity index (χ4v) is 3.46. The lowest BCUT2D eigenvalue weighted by atomic mass is 10.0. The highest BCUT2D eigenvalue weighted by Gasteiger charge is 2.35. The number of rotatable bonds is 3. The van der Waals surface area contributed by atoms with Gasteiger partial charge < -0.3 is 10.6 Å². The van der Waals surface area contributed by atoms with Crippen LogP contribution in [0, 0.1) is 17.0 Å². The summed E-state index contributed by atoms with van der Waals surface area (Å²) >= 11 is 0. The zero-order valence-electron chi connectivity index (χ0n) is 15.6. The summed E-state index contributed by atoms with van der Waals surface area (Å²) in [6.07, 6.45) is 5.09. The molecule has 3 N–H and O–H groups in total. The minimum atomic E-state index is -1.20. The number of aromatic nitrogens is 1. The normalized spacial score (nSPS) is 17.8. The molecule has 154 valence electrons. The van der Waals surface area contributed by atoms with Crippen LogP contribution in [0.3, 0.4) is 0 Å². The van der Waals surface area contributed by atoms with Crippen molar-refractivity contribution in [3.05, 3.63) is 64.5 Å². The lowest BCUT2D eigenvalue weighted by molar-refractivity contribution is 0.136. The molecule has 10 heteroatoms. The van der Waals surface area contributed by atoms with Crippen molar-refractivity contribution in [1.29, 1.82) is 5.41 Å². The lowest BCUT2D eigenvalue weighted by Crippen LogP contribution is -2.49. The maximum absolute atomic E-state index is 13.6. The van der Waals surface area contributed by atoms with Crippen molar-refractivity contribution in [3.8, 4) is 0 Å². The molecule has 2 aromatic rings. The molecule has 1 fully saturated rings. The van der Waals surface area contributed by atoms with Gasteiger partial charge in [0.2, 0.25) is 5.97 Å². The highest BCUT2D eigenvalue weighted by Crippen LogP contribution is 2.32. The predicted molar refractivity (Wildman–Crippen MR) is 106 cm³/mol. The average molecular weight is 414 g/mol. The Hall–Kier alpha value is -3.69. The molecular formula is C20H17F3N6O. The smallest absolute Gasteiger partial charge is 0.341 e. The van der Waals surface area contributed by atoms with Crippen molar-refractivity contribution < 1.29 is 18.0 Å². The molecule has 3 heterocycles. The number of hydrogen-bond acceptors (Lipinski definition) is 5. The average Bonchev–Trinajstić information content (AvgIpc) is 3.12. The first-order valence-corrected chi connectivity index (χ1v) is 9.08. The third-order valence-electron chi connectivity index (χ3n) is 4.87. The summed E-state index contributed by atoms with van der Waals surface area (Å²) in [5, 5.41) is 12.3. The largest absolute Gasteiger partial charge is 0.397 e. The standard InChI is InChI=1S/C20H17F3N6O/c21-14-5-13(6-15(22)7-14)17-1-2-27-29(17)20(30)28-9-12(10-28)3-11-4-16(24)18(19(23)25)26-8-11/h2-8,17,25H,1,9-10,24H2/t17-/m0/s1. The van der Waals surface area contributed by atoms with E-state index < -0.39 is 23.6 Å². The van der Waals surface area contributed by atoms with Gasteiger partial charge in [-0.1, -0.05) is 6.08 Å². The van der Waals surface area contributed by atoms with E-state index in [-0.39, 0.29) is 17.4 Å². The second-order valence-corrected chi connectivity index (χ2v) is 7.06. The number of nitrogen functional groups attached to an aromatic ring is 1. The van der Waals surface area contributed by atoms with Gasteiger partial charge in [0, 0.05) is 38.0 Å². The van der Waals surface area contributed by atoms with E-state index in [4.69, 9.17) is 11.1 Å². The van der Waals surface area contributed by atoms with E-state index in [0.717, 1.165) is 11.6 Å². The van der Waals surface area contributed by atoms with Crippen LogP contribution in [0.25, 0.3) is 6.08 Å². The Balaban J connectivity index is 1.43. The Morgan fingerprint density at radius 2 is 1.90 bits per heavy atom. The number of hydrogen-bond donors (Lipinski definition) is 2. The number of nitrogens with zero attached hydrogens (tertiary/aromatic N) is 4. The molecule has 0 radical (unpaired) electrons. The molecule has 1 aromatic carbocycles. The maximum Gasteiger partial charge on any atom is 0.341 e. The molecule has 0 saturated carbocycles. The highest BCUT2D eigenvalue weighted by molar-refractivity contribution is 5.94. The summed E-state index contributed by atoms with van der Waals surface area (Å²) in [4.78, 5) is 18.1. The molecule has 7 nitrogen and oxygen atoms in total. The summed E-state index contributed by atoms with van der Waals surface area (Å²) in [5.74, 6) is -2.62. The van der Waals surface area contributed by atoms with E-state index in [9.17, 15) is 18.0 Å². The lowest BCUT2D eigenvalue weighted by Gasteiger charge is -2.37. The molecule has 2 aliphatic heterocycles. The van der Waals surface area contributed by atoms with Crippen LogP contribution in [0.15, 0.2) is 41.1 Å². The first-order chi connectivity index (χ1) is 14.3. The van der Waals surface area contributed by atoms with E-state index in [1.165, 1.54) is 29.4 Å². The molecule has 1 atom stereocenters. The second-order valence-electron chi connectivity index (χ2n) is 7.06. The van der Waals surface area contributed by atoms with E-state index in [1.807, 2.05) is 0 Å². The third kappa shape index (κ3) is 3.76. The number of carbonyl (C=O) groups is 1. The van der Waals surface area contributed by atoms with Crippen LogP contribution in [0.5, 0.6) is 0 Å². The first-order valence-electron chi connectivity index (χ1n) is 9.08. The number of anilines is 1. The van der Waals surface area contributed by atoms with E-state index in [1.54, 1.807) is 17.2 Å². The minimum Gasteiger partial charge on any atom is -0.397 e. The molecular weight excluding hydrogens is 397 g/mol. The quantitative estimate of drug-likeness (QED) is 0.752. The van der Waals surface area contributed by atoms with Gasteiger partial charge in [-0.05, 0) is 34.9 Å². The number of nitrogens with one attached hydrogen (secondary N) is 1. The van der Waals surface area contributed by atoms with Gasteiger partial charge >= 0.3 is 6.03 Å². The second kappa shape index (κ2) is 7.62. The Bertz CT molecular complexity index is 1070. The van der Waals surface area contributed by atoms with Crippen LogP contribution in [-0.4, -0.2) is 46.2 Å². The van der Waals surface area contributed by atoms with Crippen molar-refractivity contribution in [1.82, 2.24) is 14.9 Å². The third-order valence-corrected chi connectivity index (χ3v) is 4.87. The molecule has 0 aliphatic carbocycles. The number of carbonyl (C=O) groups excluding carboxylic acids is 1. The molecule has 30 heavy (non-hydrogen) atoms. The van der Waals surface area contributed by atoms with Gasteiger partial charge in [-0.2, -0.15) is 9.49 Å². The number of pyridine rings is 1. The van der Waals surface area contributed by atoms with Crippen molar-refractivity contribution >= 4 is 30.0 Å². The number of nitrogens with two attached hydrogens (primary N) is 1. The summed E-state index contributed by atoms with van der Waals surface area (Å²) in [5.41, 5.74) is 7.43. The molecule has 0 spiro atoms. The minimum absolute atomic E-state index is 0.0562. The zero-order valence-corrected chi connectivity index (χ0v) is 15.6. The molecule has 0 unspecified atom stereocenters. The topological polar surface area (TPSA) is 98.7 Å². The monoisotopic (exact) mass is 414 g/mol. The van der Waals surface area contributed by atoms with Crippen LogP contribution in [0.1, 0.15) is 29.3 Å². The van der Waals surface area contributed by atoms with E-state index in [2.05, 4.69) is 10.1 Å². The fraction of sp³-hybridized carbons (Fsp3) is 0.200. The van der Waals surface area contributed by atoms with Crippen LogP contribution < -0.4 is 5.73 Å². The summed E-state index contributed by atoms with van der Waals surface area (Å²) in [7, 11) is 0. The highest BCUT2D eigenvalue weighted by atomic mass is 19.1. The van der Waals surface area contributed by atoms with E-state index >= 15 is 0 Å². The van der Waals surface area contributed by atoms with Crippen LogP contribution in [0.4, 0.5) is 23.7 Å². The van der Waals surface area contributed by atoms with Crippen molar-refractivity contribution in [2.24, 2.45) is 5.10 Å². The van der Waals surface area contributed by atoms with Crippen molar-refractivity contribution in [2.75, 3.05) is 18.8 Å². The van der Waals surface area contributed by atoms with Crippen LogP contribution >= 0.6 is 0 Å². The fourth-order valence-electron chi connectivity index (χ4n) is 3.46. The molecule has 0 bridgehead atoms. The van der Waals surface area contributed by atoms with Gasteiger partial charge in [-0.3, -0.25) is 5.41 Å². The molecule has 2 aliphatic rings. The number of amides is 2. The van der Waals surface area contributed by atoms with Gasteiger partial charge in [-0.25, -0.2) is 23.6 Å². The zero-order chi connectivity index (χ0) is 21.4. The predicted octanol–water partition coefficient (Wildman–Crippen LogP) is 3.49. The molecule has 2 amide bonds.